The second kappa shape index (κ2) is 6.52. The first-order valence-corrected chi connectivity index (χ1v) is 6.56. The maximum absolute atomic E-state index is 13.0. The second-order valence-electron chi connectivity index (χ2n) is 4.76. The molecule has 1 aromatic rings. The van der Waals surface area contributed by atoms with E-state index in [1.165, 1.54) is 12.1 Å². The lowest BCUT2D eigenvalue weighted by Crippen LogP contribution is -2.41. The molecule has 0 bridgehead atoms. The van der Waals surface area contributed by atoms with Crippen LogP contribution in [0.2, 0.25) is 0 Å². The van der Waals surface area contributed by atoms with Crippen LogP contribution in [0.4, 0.5) is 10.1 Å². The molecule has 1 aliphatic heterocycles. The molecule has 1 aromatic carbocycles. The minimum absolute atomic E-state index is 0.111. The number of anilines is 1. The minimum Gasteiger partial charge on any atom is -0.376 e. The van der Waals surface area contributed by atoms with Gasteiger partial charge in [0.15, 0.2) is 0 Å². The molecule has 1 heterocycles. The van der Waals surface area contributed by atoms with E-state index in [4.69, 9.17) is 4.74 Å². The van der Waals surface area contributed by atoms with Crippen molar-refractivity contribution in [1.82, 2.24) is 5.32 Å². The van der Waals surface area contributed by atoms with Crippen LogP contribution in [0, 0.1) is 5.82 Å². The van der Waals surface area contributed by atoms with Crippen molar-refractivity contribution < 1.29 is 13.9 Å². The largest absolute Gasteiger partial charge is 0.376 e. The summed E-state index contributed by atoms with van der Waals surface area (Å²) in [5.41, 5.74) is 0.597. The quantitative estimate of drug-likeness (QED) is 0.856. The number of rotatable bonds is 5. The van der Waals surface area contributed by atoms with Crippen molar-refractivity contribution in [2.24, 2.45) is 0 Å². The Balaban J connectivity index is 1.78. The highest BCUT2D eigenvalue weighted by Crippen LogP contribution is 2.12. The molecule has 5 heteroatoms. The lowest BCUT2D eigenvalue weighted by Gasteiger charge is -2.17. The van der Waals surface area contributed by atoms with Gasteiger partial charge in [0.2, 0.25) is 5.91 Å². The second-order valence-corrected chi connectivity index (χ2v) is 4.76. The highest BCUT2D eigenvalue weighted by molar-refractivity contribution is 5.84. The molecule has 1 fully saturated rings. The van der Waals surface area contributed by atoms with Gasteiger partial charge in [0, 0.05) is 18.8 Å². The molecule has 2 N–H and O–H groups in total. The fraction of sp³-hybridized carbons (Fsp3) is 0.500. The molecule has 4 nitrogen and oxygen atoms in total. The zero-order chi connectivity index (χ0) is 13.7. The van der Waals surface area contributed by atoms with E-state index >= 15 is 0 Å². The zero-order valence-electron chi connectivity index (χ0n) is 11.0. The van der Waals surface area contributed by atoms with E-state index in [9.17, 15) is 9.18 Å². The van der Waals surface area contributed by atoms with Gasteiger partial charge in [-0.2, -0.15) is 0 Å². The number of benzene rings is 1. The summed E-state index contributed by atoms with van der Waals surface area (Å²) in [6, 6.07) is 5.65. The third-order valence-electron chi connectivity index (χ3n) is 3.13. The molecule has 19 heavy (non-hydrogen) atoms. The minimum atomic E-state index is -0.414. The molecule has 1 aliphatic rings. The lowest BCUT2D eigenvalue weighted by molar-refractivity contribution is -0.122. The summed E-state index contributed by atoms with van der Waals surface area (Å²) in [5, 5.41) is 5.80. The van der Waals surface area contributed by atoms with Crippen LogP contribution in [0.25, 0.3) is 0 Å². The molecule has 0 spiro atoms. The summed E-state index contributed by atoms with van der Waals surface area (Å²) in [4.78, 5) is 11.9. The van der Waals surface area contributed by atoms with Gasteiger partial charge in [-0.1, -0.05) is 6.07 Å². The molecule has 104 valence electrons. The maximum Gasteiger partial charge on any atom is 0.242 e. The van der Waals surface area contributed by atoms with Crippen molar-refractivity contribution in [3.63, 3.8) is 0 Å². The number of ether oxygens (including phenoxy) is 1. The predicted molar refractivity (Wildman–Crippen MR) is 71.5 cm³/mol. The fourth-order valence-electron chi connectivity index (χ4n) is 2.07. The van der Waals surface area contributed by atoms with E-state index < -0.39 is 6.04 Å². The molecule has 2 atom stereocenters. The molecule has 2 unspecified atom stereocenters. The van der Waals surface area contributed by atoms with Gasteiger partial charge in [0.05, 0.1) is 6.10 Å². The maximum atomic E-state index is 13.0. The third kappa shape index (κ3) is 4.21. The smallest absolute Gasteiger partial charge is 0.242 e. The Bertz CT molecular complexity index is 433. The van der Waals surface area contributed by atoms with Gasteiger partial charge >= 0.3 is 0 Å². The van der Waals surface area contributed by atoms with Gasteiger partial charge in [0.1, 0.15) is 11.9 Å². The molecule has 1 amide bonds. The Labute approximate surface area is 112 Å². The number of nitrogens with one attached hydrogen (secondary N) is 2. The van der Waals surface area contributed by atoms with E-state index in [1.807, 2.05) is 0 Å². The summed E-state index contributed by atoms with van der Waals surface area (Å²) in [7, 11) is 0. The van der Waals surface area contributed by atoms with Crippen LogP contribution in [-0.2, 0) is 9.53 Å². The average molecular weight is 266 g/mol. The SMILES string of the molecule is CC(Nc1cccc(F)c1)C(=O)NCC1CCCO1. The monoisotopic (exact) mass is 266 g/mol. The van der Waals surface area contributed by atoms with Crippen LogP contribution in [0.15, 0.2) is 24.3 Å². The van der Waals surface area contributed by atoms with Crippen LogP contribution < -0.4 is 10.6 Å². The normalized spacial score (nSPS) is 20.0. The van der Waals surface area contributed by atoms with E-state index in [1.54, 1.807) is 19.1 Å². The molecule has 1 saturated heterocycles. The molecule has 2 rings (SSSR count). The van der Waals surface area contributed by atoms with E-state index in [0.717, 1.165) is 19.4 Å². The number of halogens is 1. The summed E-state index contributed by atoms with van der Waals surface area (Å²) in [5.74, 6) is -0.434. The number of hydrogen-bond acceptors (Lipinski definition) is 3. The third-order valence-corrected chi connectivity index (χ3v) is 3.13. The van der Waals surface area contributed by atoms with Gasteiger partial charge in [-0.05, 0) is 38.0 Å². The average Bonchev–Trinajstić information content (AvgIpc) is 2.89. The highest BCUT2D eigenvalue weighted by Gasteiger charge is 2.18. The van der Waals surface area contributed by atoms with Crippen molar-refractivity contribution in [1.29, 1.82) is 0 Å². The van der Waals surface area contributed by atoms with Gasteiger partial charge in [0.25, 0.3) is 0 Å². The molecule has 0 radical (unpaired) electrons. The molecule has 0 aromatic heterocycles. The topological polar surface area (TPSA) is 50.4 Å². The number of carbonyl (C=O) groups excluding carboxylic acids is 1. The summed E-state index contributed by atoms with van der Waals surface area (Å²) < 4.78 is 18.4. The van der Waals surface area contributed by atoms with E-state index in [2.05, 4.69) is 10.6 Å². The van der Waals surface area contributed by atoms with Gasteiger partial charge in [-0.25, -0.2) is 4.39 Å². The van der Waals surface area contributed by atoms with Crippen molar-refractivity contribution in [3.8, 4) is 0 Å². The van der Waals surface area contributed by atoms with Gasteiger partial charge < -0.3 is 15.4 Å². The first-order chi connectivity index (χ1) is 9.15. The number of carbonyl (C=O) groups is 1. The molecular formula is C14H19FN2O2. The van der Waals surface area contributed by atoms with Crippen LogP contribution in [0.1, 0.15) is 19.8 Å². The van der Waals surface area contributed by atoms with E-state index in [0.29, 0.717) is 12.2 Å². The Morgan fingerprint density at radius 1 is 1.58 bits per heavy atom. The van der Waals surface area contributed by atoms with Crippen molar-refractivity contribution in [2.75, 3.05) is 18.5 Å². The molecule has 0 aliphatic carbocycles. The standard InChI is InChI=1S/C14H19FN2O2/c1-10(17-12-5-2-4-11(15)8-12)14(18)16-9-13-6-3-7-19-13/h2,4-5,8,10,13,17H,3,6-7,9H2,1H3,(H,16,18). The van der Waals surface area contributed by atoms with Gasteiger partial charge in [-0.15, -0.1) is 0 Å². The molecule has 0 saturated carbocycles. The van der Waals surface area contributed by atoms with Crippen molar-refractivity contribution in [2.45, 2.75) is 31.9 Å². The molecular weight excluding hydrogens is 247 g/mol. The Hall–Kier alpha value is -1.62. The number of hydrogen-bond donors (Lipinski definition) is 2. The Morgan fingerprint density at radius 3 is 3.11 bits per heavy atom. The van der Waals surface area contributed by atoms with Crippen molar-refractivity contribution in [3.05, 3.63) is 30.1 Å². The van der Waals surface area contributed by atoms with Gasteiger partial charge in [-0.3, -0.25) is 4.79 Å². The van der Waals surface area contributed by atoms with Crippen LogP contribution in [0.3, 0.4) is 0 Å². The van der Waals surface area contributed by atoms with E-state index in [-0.39, 0.29) is 17.8 Å². The fourth-order valence-corrected chi connectivity index (χ4v) is 2.07. The first-order valence-electron chi connectivity index (χ1n) is 6.56. The van der Waals surface area contributed by atoms with Crippen LogP contribution in [-0.4, -0.2) is 31.2 Å². The first kappa shape index (κ1) is 13.8. The van der Waals surface area contributed by atoms with Crippen LogP contribution in [0.5, 0.6) is 0 Å². The summed E-state index contributed by atoms with van der Waals surface area (Å²) in [6.07, 6.45) is 2.18. The summed E-state index contributed by atoms with van der Waals surface area (Å²) in [6.45, 7) is 3.06. The van der Waals surface area contributed by atoms with Crippen molar-refractivity contribution >= 4 is 11.6 Å². The lowest BCUT2D eigenvalue weighted by atomic mass is 10.2. The Kier molecular flexibility index (Phi) is 4.74. The Morgan fingerprint density at radius 2 is 2.42 bits per heavy atom. The zero-order valence-corrected chi connectivity index (χ0v) is 11.0. The predicted octanol–water partition coefficient (Wildman–Crippen LogP) is 1.92. The summed E-state index contributed by atoms with van der Waals surface area (Å²) >= 11 is 0. The highest BCUT2D eigenvalue weighted by atomic mass is 19.1. The number of amides is 1. The van der Waals surface area contributed by atoms with Crippen LogP contribution >= 0.6 is 0 Å².